The number of carboxylic acid groups (broad SMARTS) is 1. The molecule has 1 aliphatic rings. The van der Waals surface area contributed by atoms with Crippen LogP contribution < -0.4 is 0 Å². The van der Waals surface area contributed by atoms with Gasteiger partial charge < -0.3 is 10.2 Å². The first-order chi connectivity index (χ1) is 6.68. The molecule has 0 bridgehead atoms. The van der Waals surface area contributed by atoms with Gasteiger partial charge in [0.15, 0.2) is 9.84 Å². The lowest BCUT2D eigenvalue weighted by Crippen LogP contribution is -2.40. The van der Waals surface area contributed by atoms with Gasteiger partial charge in [0, 0.05) is 5.92 Å². The Morgan fingerprint density at radius 3 is 2.40 bits per heavy atom. The standard InChI is InChI=1S/C9H16O5S/c1-9(2)6(3-4-15(9,13)14)7(10)5-8(11)12/h6-7,10H,3-5H2,1-2H3,(H,11,12). The SMILES string of the molecule is CC1(C)C(C(O)CC(=O)O)CCS1(=O)=O. The summed E-state index contributed by atoms with van der Waals surface area (Å²) in [5.41, 5.74) is 0. The molecule has 2 N–H and O–H groups in total. The highest BCUT2D eigenvalue weighted by Crippen LogP contribution is 2.39. The van der Waals surface area contributed by atoms with E-state index in [0.29, 0.717) is 6.42 Å². The van der Waals surface area contributed by atoms with Crippen LogP contribution in [-0.4, -0.2) is 41.2 Å². The van der Waals surface area contributed by atoms with Crippen molar-refractivity contribution >= 4 is 15.8 Å². The van der Waals surface area contributed by atoms with Crippen LogP contribution in [-0.2, 0) is 14.6 Å². The van der Waals surface area contributed by atoms with Crippen molar-refractivity contribution in [3.8, 4) is 0 Å². The maximum atomic E-state index is 11.6. The molecule has 2 atom stereocenters. The molecular formula is C9H16O5S. The average Bonchev–Trinajstić information content (AvgIpc) is 2.20. The predicted molar refractivity (Wildman–Crippen MR) is 54.2 cm³/mol. The van der Waals surface area contributed by atoms with E-state index in [9.17, 15) is 18.3 Å². The first-order valence-corrected chi connectivity index (χ1v) is 6.46. The summed E-state index contributed by atoms with van der Waals surface area (Å²) in [7, 11) is -3.21. The van der Waals surface area contributed by atoms with E-state index in [1.54, 1.807) is 13.8 Å². The van der Waals surface area contributed by atoms with Gasteiger partial charge in [-0.25, -0.2) is 8.42 Å². The molecule has 1 rings (SSSR count). The van der Waals surface area contributed by atoms with Crippen LogP contribution in [0.4, 0.5) is 0 Å². The van der Waals surface area contributed by atoms with Gasteiger partial charge >= 0.3 is 5.97 Å². The summed E-state index contributed by atoms with van der Waals surface area (Å²) in [4.78, 5) is 10.4. The van der Waals surface area contributed by atoms with Crippen LogP contribution in [0.2, 0.25) is 0 Å². The first kappa shape index (κ1) is 12.4. The number of carboxylic acids is 1. The number of sulfone groups is 1. The number of aliphatic carboxylic acids is 1. The van der Waals surface area contributed by atoms with Crippen LogP contribution in [0.25, 0.3) is 0 Å². The molecule has 15 heavy (non-hydrogen) atoms. The van der Waals surface area contributed by atoms with Crippen molar-refractivity contribution in [3.05, 3.63) is 0 Å². The van der Waals surface area contributed by atoms with E-state index in [1.807, 2.05) is 0 Å². The van der Waals surface area contributed by atoms with Crippen LogP contribution in [0.15, 0.2) is 0 Å². The smallest absolute Gasteiger partial charge is 0.305 e. The average molecular weight is 236 g/mol. The fourth-order valence-corrected chi connectivity index (χ4v) is 3.93. The Labute approximate surface area is 89.0 Å². The monoisotopic (exact) mass is 236 g/mol. The second-order valence-electron chi connectivity index (χ2n) is 4.48. The van der Waals surface area contributed by atoms with Gasteiger partial charge in [-0.1, -0.05) is 0 Å². The van der Waals surface area contributed by atoms with E-state index in [-0.39, 0.29) is 5.75 Å². The predicted octanol–water partition coefficient (Wildman–Crippen LogP) is 0.0353. The van der Waals surface area contributed by atoms with E-state index in [0.717, 1.165) is 0 Å². The van der Waals surface area contributed by atoms with E-state index in [4.69, 9.17) is 5.11 Å². The van der Waals surface area contributed by atoms with Crippen LogP contribution in [0.3, 0.4) is 0 Å². The third kappa shape index (κ3) is 2.15. The minimum absolute atomic E-state index is 0.0291. The van der Waals surface area contributed by atoms with Gasteiger partial charge in [-0.2, -0.15) is 0 Å². The zero-order valence-electron chi connectivity index (χ0n) is 8.80. The quantitative estimate of drug-likeness (QED) is 0.721. The number of rotatable bonds is 3. The number of carbonyl (C=O) groups is 1. The maximum Gasteiger partial charge on any atom is 0.305 e. The van der Waals surface area contributed by atoms with Crippen molar-refractivity contribution in [1.29, 1.82) is 0 Å². The van der Waals surface area contributed by atoms with Crippen molar-refractivity contribution in [2.45, 2.75) is 37.5 Å². The first-order valence-electron chi connectivity index (χ1n) is 4.80. The molecule has 0 aromatic rings. The Morgan fingerprint density at radius 2 is 2.07 bits per heavy atom. The van der Waals surface area contributed by atoms with Crippen molar-refractivity contribution in [2.24, 2.45) is 5.92 Å². The maximum absolute atomic E-state index is 11.6. The topological polar surface area (TPSA) is 91.7 Å². The minimum atomic E-state index is -3.21. The number of aliphatic hydroxyl groups excluding tert-OH is 1. The zero-order chi connectivity index (χ0) is 11.9. The van der Waals surface area contributed by atoms with Gasteiger partial charge in [-0.3, -0.25) is 4.79 Å². The Bertz CT molecular complexity index is 357. The second-order valence-corrected chi connectivity index (χ2v) is 7.17. The summed E-state index contributed by atoms with van der Waals surface area (Å²) >= 11 is 0. The van der Waals surface area contributed by atoms with Crippen LogP contribution in [0, 0.1) is 5.92 Å². The molecule has 0 amide bonds. The summed E-state index contributed by atoms with van der Waals surface area (Å²) in [5.74, 6) is -1.57. The molecule has 5 nitrogen and oxygen atoms in total. The molecular weight excluding hydrogens is 220 g/mol. The number of aliphatic hydroxyl groups is 1. The third-order valence-corrected chi connectivity index (χ3v) is 5.92. The highest BCUT2D eigenvalue weighted by atomic mass is 32.2. The fraction of sp³-hybridized carbons (Fsp3) is 0.889. The molecule has 0 spiro atoms. The summed E-state index contributed by atoms with van der Waals surface area (Å²) in [5, 5.41) is 18.2. The molecule has 1 heterocycles. The van der Waals surface area contributed by atoms with Gasteiger partial charge in [-0.05, 0) is 20.3 Å². The Kier molecular flexibility index (Phi) is 3.11. The Balaban J connectivity index is 2.86. The van der Waals surface area contributed by atoms with E-state index >= 15 is 0 Å². The van der Waals surface area contributed by atoms with E-state index < -0.39 is 39.0 Å². The highest BCUT2D eigenvalue weighted by Gasteiger charge is 2.50. The molecule has 1 fully saturated rings. The van der Waals surface area contributed by atoms with Gasteiger partial charge in [-0.15, -0.1) is 0 Å². The van der Waals surface area contributed by atoms with Gasteiger partial charge in [0.2, 0.25) is 0 Å². The largest absolute Gasteiger partial charge is 0.481 e. The number of hydrogen-bond donors (Lipinski definition) is 2. The van der Waals surface area contributed by atoms with Gasteiger partial charge in [0.25, 0.3) is 0 Å². The normalized spacial score (nSPS) is 29.9. The molecule has 6 heteroatoms. The summed E-state index contributed by atoms with van der Waals surface area (Å²) in [6.45, 7) is 3.09. The lowest BCUT2D eigenvalue weighted by Gasteiger charge is -2.28. The van der Waals surface area contributed by atoms with E-state index in [2.05, 4.69) is 0 Å². The summed E-state index contributed by atoms with van der Waals surface area (Å²) in [6.07, 6.45) is -1.15. The second kappa shape index (κ2) is 3.75. The van der Waals surface area contributed by atoms with Crippen LogP contribution in [0.5, 0.6) is 0 Å². The summed E-state index contributed by atoms with van der Waals surface area (Å²) in [6, 6.07) is 0. The van der Waals surface area contributed by atoms with Crippen molar-refractivity contribution in [2.75, 3.05) is 5.75 Å². The molecule has 88 valence electrons. The van der Waals surface area contributed by atoms with Crippen molar-refractivity contribution in [3.63, 3.8) is 0 Å². The van der Waals surface area contributed by atoms with Crippen LogP contribution >= 0.6 is 0 Å². The molecule has 0 aromatic heterocycles. The molecule has 2 unspecified atom stereocenters. The van der Waals surface area contributed by atoms with E-state index in [1.165, 1.54) is 0 Å². The fourth-order valence-electron chi connectivity index (χ4n) is 2.10. The Hall–Kier alpha value is -0.620. The highest BCUT2D eigenvalue weighted by molar-refractivity contribution is 7.93. The van der Waals surface area contributed by atoms with Crippen molar-refractivity contribution < 1.29 is 23.4 Å². The van der Waals surface area contributed by atoms with Crippen molar-refractivity contribution in [1.82, 2.24) is 0 Å². The zero-order valence-corrected chi connectivity index (χ0v) is 9.62. The molecule has 0 aromatic carbocycles. The third-order valence-electron chi connectivity index (χ3n) is 3.24. The lowest BCUT2D eigenvalue weighted by atomic mass is 9.86. The molecule has 0 saturated carbocycles. The minimum Gasteiger partial charge on any atom is -0.481 e. The number of hydrogen-bond acceptors (Lipinski definition) is 4. The lowest BCUT2D eigenvalue weighted by molar-refractivity contribution is -0.140. The molecule has 0 aliphatic carbocycles. The Morgan fingerprint density at radius 1 is 1.53 bits per heavy atom. The molecule has 0 radical (unpaired) electrons. The van der Waals surface area contributed by atoms with Gasteiger partial charge in [0.05, 0.1) is 23.0 Å². The van der Waals surface area contributed by atoms with Crippen LogP contribution in [0.1, 0.15) is 26.7 Å². The summed E-state index contributed by atoms with van der Waals surface area (Å²) < 4.78 is 22.2. The molecule has 1 saturated heterocycles. The molecule has 1 aliphatic heterocycles. The van der Waals surface area contributed by atoms with Gasteiger partial charge in [0.1, 0.15) is 0 Å².